The molecule has 19 heavy (non-hydrogen) atoms. The zero-order valence-electron chi connectivity index (χ0n) is 11.9. The fourth-order valence-electron chi connectivity index (χ4n) is 2.60. The van der Waals surface area contributed by atoms with Gasteiger partial charge >= 0.3 is 0 Å². The Kier molecular flexibility index (Phi) is 5.79. The zero-order valence-corrected chi connectivity index (χ0v) is 13.5. The zero-order chi connectivity index (χ0) is 13.7. The Balaban J connectivity index is 1.95. The number of aromatic nitrogens is 1. The van der Waals surface area contributed by atoms with Crippen molar-refractivity contribution in [3.05, 3.63) is 28.5 Å². The van der Waals surface area contributed by atoms with Crippen molar-refractivity contribution in [1.29, 1.82) is 0 Å². The maximum Gasteiger partial charge on any atom is 0.0410 e. The summed E-state index contributed by atoms with van der Waals surface area (Å²) in [4.78, 5) is 6.79. The highest BCUT2D eigenvalue weighted by Crippen LogP contribution is 2.15. The number of hydrogen-bond donors (Lipinski definition) is 1. The molecule has 1 aliphatic heterocycles. The van der Waals surface area contributed by atoms with E-state index in [1.54, 1.807) is 0 Å². The average Bonchev–Trinajstić information content (AvgIpc) is 2.39. The van der Waals surface area contributed by atoms with Gasteiger partial charge in [0.1, 0.15) is 0 Å². The van der Waals surface area contributed by atoms with Crippen LogP contribution in [0.5, 0.6) is 0 Å². The second-order valence-electron chi connectivity index (χ2n) is 5.68. The van der Waals surface area contributed by atoms with Crippen LogP contribution in [0.3, 0.4) is 0 Å². The standard InChI is InChI=1S/C15H24BrN3/c1-12(2)19(11-15-5-3-4-6-18-15)10-13-7-14(16)9-17-8-13/h7-9,12,15,18H,3-6,10-11H2,1-2H3. The van der Waals surface area contributed by atoms with Gasteiger partial charge in [-0.3, -0.25) is 9.88 Å². The predicted molar refractivity (Wildman–Crippen MR) is 83.1 cm³/mol. The molecule has 0 radical (unpaired) electrons. The molecule has 2 rings (SSSR count). The van der Waals surface area contributed by atoms with Gasteiger partial charge in [-0.15, -0.1) is 0 Å². The van der Waals surface area contributed by atoms with Crippen LogP contribution >= 0.6 is 15.9 Å². The lowest BCUT2D eigenvalue weighted by atomic mass is 10.0. The van der Waals surface area contributed by atoms with Gasteiger partial charge in [-0.05, 0) is 60.8 Å². The summed E-state index contributed by atoms with van der Waals surface area (Å²) in [6.07, 6.45) is 7.80. The molecule has 1 unspecified atom stereocenters. The second-order valence-corrected chi connectivity index (χ2v) is 6.60. The van der Waals surface area contributed by atoms with Gasteiger partial charge in [0.15, 0.2) is 0 Å². The average molecular weight is 326 g/mol. The van der Waals surface area contributed by atoms with E-state index in [1.807, 2.05) is 12.4 Å². The summed E-state index contributed by atoms with van der Waals surface area (Å²) in [6, 6.07) is 3.37. The molecule has 0 aliphatic carbocycles. The summed E-state index contributed by atoms with van der Waals surface area (Å²) >= 11 is 3.49. The maximum atomic E-state index is 4.25. The molecular weight excluding hydrogens is 302 g/mol. The summed E-state index contributed by atoms with van der Waals surface area (Å²) in [7, 11) is 0. The van der Waals surface area contributed by atoms with Crippen LogP contribution in [-0.4, -0.2) is 35.1 Å². The quantitative estimate of drug-likeness (QED) is 0.901. The molecule has 2 heterocycles. The lowest BCUT2D eigenvalue weighted by molar-refractivity contribution is 0.177. The number of hydrogen-bond acceptors (Lipinski definition) is 3. The fraction of sp³-hybridized carbons (Fsp3) is 0.667. The largest absolute Gasteiger partial charge is 0.313 e. The van der Waals surface area contributed by atoms with Crippen LogP contribution in [0.1, 0.15) is 38.7 Å². The van der Waals surface area contributed by atoms with Gasteiger partial charge in [0.25, 0.3) is 0 Å². The van der Waals surface area contributed by atoms with Crippen molar-refractivity contribution in [2.75, 3.05) is 13.1 Å². The van der Waals surface area contributed by atoms with Crippen molar-refractivity contribution in [1.82, 2.24) is 15.2 Å². The van der Waals surface area contributed by atoms with Gasteiger partial charge in [-0.25, -0.2) is 0 Å². The molecule has 3 nitrogen and oxygen atoms in total. The number of pyridine rings is 1. The van der Waals surface area contributed by atoms with E-state index >= 15 is 0 Å². The third kappa shape index (κ3) is 4.86. The van der Waals surface area contributed by atoms with Crippen LogP contribution in [0.4, 0.5) is 0 Å². The minimum atomic E-state index is 0.558. The highest BCUT2D eigenvalue weighted by molar-refractivity contribution is 9.10. The Morgan fingerprint density at radius 2 is 2.26 bits per heavy atom. The van der Waals surface area contributed by atoms with Gasteiger partial charge in [0.2, 0.25) is 0 Å². The van der Waals surface area contributed by atoms with Gasteiger partial charge in [0, 0.05) is 42.0 Å². The molecule has 1 atom stereocenters. The first-order valence-electron chi connectivity index (χ1n) is 7.22. The van der Waals surface area contributed by atoms with Crippen molar-refractivity contribution >= 4 is 15.9 Å². The molecule has 0 bridgehead atoms. The minimum absolute atomic E-state index is 0.558. The molecule has 1 N–H and O–H groups in total. The number of nitrogens with zero attached hydrogens (tertiary/aromatic N) is 2. The van der Waals surface area contributed by atoms with Crippen LogP contribution in [0.15, 0.2) is 22.9 Å². The van der Waals surface area contributed by atoms with Crippen molar-refractivity contribution < 1.29 is 0 Å². The molecule has 1 fully saturated rings. The first kappa shape index (κ1) is 14.9. The van der Waals surface area contributed by atoms with Crippen LogP contribution in [0.2, 0.25) is 0 Å². The van der Waals surface area contributed by atoms with Crippen molar-refractivity contribution in [2.45, 2.75) is 51.7 Å². The molecule has 106 valence electrons. The second kappa shape index (κ2) is 7.36. The third-order valence-corrected chi connectivity index (χ3v) is 4.18. The van der Waals surface area contributed by atoms with Crippen molar-refractivity contribution in [3.8, 4) is 0 Å². The normalized spacial score (nSPS) is 20.2. The van der Waals surface area contributed by atoms with E-state index in [9.17, 15) is 0 Å². The number of halogens is 1. The molecule has 0 saturated carbocycles. The van der Waals surface area contributed by atoms with Gasteiger partial charge < -0.3 is 5.32 Å². The van der Waals surface area contributed by atoms with E-state index in [-0.39, 0.29) is 0 Å². The number of nitrogens with one attached hydrogen (secondary N) is 1. The summed E-state index contributed by atoms with van der Waals surface area (Å²) < 4.78 is 1.06. The summed E-state index contributed by atoms with van der Waals surface area (Å²) in [6.45, 7) is 7.82. The number of rotatable bonds is 5. The van der Waals surface area contributed by atoms with E-state index in [0.717, 1.165) is 17.6 Å². The van der Waals surface area contributed by atoms with Crippen LogP contribution in [0, 0.1) is 0 Å². The Morgan fingerprint density at radius 1 is 1.42 bits per heavy atom. The molecule has 1 aromatic heterocycles. The van der Waals surface area contributed by atoms with E-state index in [2.05, 4.69) is 51.0 Å². The third-order valence-electron chi connectivity index (χ3n) is 3.74. The molecule has 1 aliphatic rings. The van der Waals surface area contributed by atoms with Crippen LogP contribution < -0.4 is 5.32 Å². The van der Waals surface area contributed by atoms with E-state index in [0.29, 0.717) is 12.1 Å². The highest BCUT2D eigenvalue weighted by atomic mass is 79.9. The van der Waals surface area contributed by atoms with Gasteiger partial charge in [0.05, 0.1) is 0 Å². The molecular formula is C15H24BrN3. The predicted octanol–water partition coefficient (Wildman–Crippen LogP) is 3.20. The van der Waals surface area contributed by atoms with Crippen LogP contribution in [-0.2, 0) is 6.54 Å². The lowest BCUT2D eigenvalue weighted by Gasteiger charge is -2.33. The van der Waals surface area contributed by atoms with E-state index in [1.165, 1.54) is 31.4 Å². The Hall–Kier alpha value is -0.450. The molecule has 0 aromatic carbocycles. The van der Waals surface area contributed by atoms with E-state index in [4.69, 9.17) is 0 Å². The first-order chi connectivity index (χ1) is 9.15. The summed E-state index contributed by atoms with van der Waals surface area (Å²) in [5, 5.41) is 3.64. The highest BCUT2D eigenvalue weighted by Gasteiger charge is 2.18. The molecule has 0 amide bonds. The Labute approximate surface area is 124 Å². The topological polar surface area (TPSA) is 28.2 Å². The number of piperidine rings is 1. The molecule has 1 aromatic rings. The molecule has 0 spiro atoms. The fourth-order valence-corrected chi connectivity index (χ4v) is 3.01. The summed E-state index contributed by atoms with van der Waals surface area (Å²) in [5.74, 6) is 0. The monoisotopic (exact) mass is 325 g/mol. The van der Waals surface area contributed by atoms with Gasteiger partial charge in [-0.1, -0.05) is 6.42 Å². The molecule has 4 heteroatoms. The Morgan fingerprint density at radius 3 is 2.89 bits per heavy atom. The first-order valence-corrected chi connectivity index (χ1v) is 8.01. The van der Waals surface area contributed by atoms with E-state index < -0.39 is 0 Å². The van der Waals surface area contributed by atoms with Crippen molar-refractivity contribution in [2.24, 2.45) is 0 Å². The lowest BCUT2D eigenvalue weighted by Crippen LogP contribution is -2.45. The SMILES string of the molecule is CC(C)N(Cc1cncc(Br)c1)CC1CCCCN1. The smallest absolute Gasteiger partial charge is 0.0410 e. The minimum Gasteiger partial charge on any atom is -0.313 e. The Bertz CT molecular complexity index is 389. The molecule has 1 saturated heterocycles. The van der Waals surface area contributed by atoms with Crippen molar-refractivity contribution in [3.63, 3.8) is 0 Å². The van der Waals surface area contributed by atoms with Crippen LogP contribution in [0.25, 0.3) is 0 Å². The maximum absolute atomic E-state index is 4.25. The summed E-state index contributed by atoms with van der Waals surface area (Å²) in [5.41, 5.74) is 1.28. The van der Waals surface area contributed by atoms with Gasteiger partial charge in [-0.2, -0.15) is 0 Å².